The third kappa shape index (κ3) is 7.59. The van der Waals surface area contributed by atoms with Crippen LogP contribution in [-0.4, -0.2) is 74.5 Å². The van der Waals surface area contributed by atoms with Gasteiger partial charge in [0.2, 0.25) is 0 Å². The van der Waals surface area contributed by atoms with Crippen molar-refractivity contribution in [1.82, 2.24) is 15.1 Å². The zero-order valence-electron chi connectivity index (χ0n) is 22.3. The quantitative estimate of drug-likeness (QED) is 0.418. The highest BCUT2D eigenvalue weighted by atomic mass is 16.5. The first kappa shape index (κ1) is 26.8. The first-order valence-corrected chi connectivity index (χ1v) is 13.1. The van der Waals surface area contributed by atoms with Gasteiger partial charge in [0, 0.05) is 45.0 Å². The number of nitrogens with one attached hydrogen (secondary N) is 1. The topological polar surface area (TPSA) is 60.4 Å². The number of anilines is 1. The van der Waals surface area contributed by atoms with Gasteiger partial charge in [-0.15, -0.1) is 0 Å². The number of rotatable bonds is 9. The number of carbonyl (C=O) groups is 1. The lowest BCUT2D eigenvalue weighted by molar-refractivity contribution is -0.114. The average molecular weight is 482 g/mol. The summed E-state index contributed by atoms with van der Waals surface area (Å²) in [6.45, 7) is 14.0. The van der Waals surface area contributed by atoms with Gasteiger partial charge in [-0.1, -0.05) is 25.0 Å². The number of allylic oxidation sites excluding steroid dienone is 1. The molecule has 2 aliphatic rings. The molecule has 2 heterocycles. The molecule has 0 radical (unpaired) electrons. The zero-order valence-corrected chi connectivity index (χ0v) is 22.3. The number of benzene rings is 1. The highest BCUT2D eigenvalue weighted by Gasteiger charge is 2.28. The van der Waals surface area contributed by atoms with E-state index in [1.807, 2.05) is 56.1 Å². The Bertz CT molecular complexity index is 946. The van der Waals surface area contributed by atoms with Gasteiger partial charge in [-0.3, -0.25) is 14.7 Å². The maximum absolute atomic E-state index is 13.9. The van der Waals surface area contributed by atoms with Gasteiger partial charge in [0.25, 0.3) is 5.91 Å². The minimum atomic E-state index is -0.0144. The number of hydrogen-bond donors (Lipinski definition) is 1. The Kier molecular flexibility index (Phi) is 10.2. The van der Waals surface area contributed by atoms with Crippen molar-refractivity contribution in [2.75, 3.05) is 57.8 Å². The molecule has 0 atom stereocenters. The fourth-order valence-electron chi connectivity index (χ4n) is 4.47. The zero-order chi connectivity index (χ0) is 25.2. The largest absolute Gasteiger partial charge is 0.492 e. The maximum Gasteiger partial charge on any atom is 0.262 e. The van der Waals surface area contributed by atoms with Crippen LogP contribution in [0.3, 0.4) is 0 Å². The summed E-state index contributed by atoms with van der Waals surface area (Å²) in [5.41, 5.74) is 2.67. The molecule has 0 spiro atoms. The number of nitrogens with zero attached hydrogens (tertiary/aromatic N) is 4. The van der Waals surface area contributed by atoms with Crippen molar-refractivity contribution in [1.29, 1.82) is 0 Å². The van der Waals surface area contributed by atoms with Gasteiger partial charge in [0.15, 0.2) is 0 Å². The number of likely N-dealkylation sites (N-methyl/N-ethyl adjacent to an activating group) is 1. The molecule has 0 bridgehead atoms. The molecule has 0 unspecified atom stereocenters. The van der Waals surface area contributed by atoms with Gasteiger partial charge in [0.1, 0.15) is 18.2 Å². The predicted octanol–water partition coefficient (Wildman–Crippen LogP) is 4.43. The Morgan fingerprint density at radius 1 is 1.11 bits per heavy atom. The highest BCUT2D eigenvalue weighted by molar-refractivity contribution is 6.08. The first-order chi connectivity index (χ1) is 16.9. The molecule has 35 heavy (non-hydrogen) atoms. The smallest absolute Gasteiger partial charge is 0.262 e. The van der Waals surface area contributed by atoms with E-state index in [1.165, 1.54) is 19.3 Å². The van der Waals surface area contributed by atoms with E-state index in [1.54, 1.807) is 0 Å². The third-order valence-corrected chi connectivity index (χ3v) is 6.67. The van der Waals surface area contributed by atoms with E-state index >= 15 is 0 Å². The molecule has 2 aliphatic heterocycles. The molecule has 0 aliphatic carbocycles. The Balaban J connectivity index is 1.83. The van der Waals surface area contributed by atoms with Gasteiger partial charge >= 0.3 is 0 Å². The van der Waals surface area contributed by atoms with E-state index in [9.17, 15) is 4.79 Å². The second kappa shape index (κ2) is 13.3. The fraction of sp³-hybridized carbons (Fsp3) is 0.571. The molecule has 1 aromatic rings. The third-order valence-electron chi connectivity index (χ3n) is 6.67. The van der Waals surface area contributed by atoms with Crippen molar-refractivity contribution in [2.24, 2.45) is 4.99 Å². The number of likely N-dealkylation sites (tertiary alicyclic amines) is 1. The number of hydrogen-bond acceptors (Lipinski definition) is 5. The molecule has 7 heteroatoms. The fourth-order valence-corrected chi connectivity index (χ4v) is 4.47. The number of ether oxygens (including phenoxy) is 1. The first-order valence-electron chi connectivity index (χ1n) is 13.1. The molecule has 192 valence electrons. The van der Waals surface area contributed by atoms with Gasteiger partial charge < -0.3 is 19.9 Å². The van der Waals surface area contributed by atoms with Crippen LogP contribution >= 0.6 is 0 Å². The van der Waals surface area contributed by atoms with E-state index in [2.05, 4.69) is 34.0 Å². The van der Waals surface area contributed by atoms with E-state index in [0.717, 1.165) is 54.7 Å². The maximum atomic E-state index is 13.9. The number of carbonyl (C=O) groups excluding carboxylic acids is 1. The van der Waals surface area contributed by atoms with Gasteiger partial charge in [0.05, 0.1) is 11.4 Å². The molecular weight excluding hydrogens is 438 g/mol. The molecule has 0 aromatic heterocycles. The van der Waals surface area contributed by atoms with Crippen molar-refractivity contribution in [3.8, 4) is 5.75 Å². The van der Waals surface area contributed by atoms with Crippen molar-refractivity contribution >= 4 is 17.4 Å². The van der Waals surface area contributed by atoms with Crippen LogP contribution in [0.25, 0.3) is 0 Å². The molecule has 7 nitrogen and oxygen atoms in total. The molecule has 1 fully saturated rings. The van der Waals surface area contributed by atoms with Crippen LogP contribution in [0.4, 0.5) is 5.69 Å². The van der Waals surface area contributed by atoms with Gasteiger partial charge in [-0.2, -0.15) is 0 Å². The number of amides is 1. The van der Waals surface area contributed by atoms with Crippen molar-refractivity contribution in [3.63, 3.8) is 0 Å². The molecule has 3 rings (SSSR count). The van der Waals surface area contributed by atoms with Crippen LogP contribution in [0.15, 0.2) is 52.3 Å². The van der Waals surface area contributed by atoms with Gasteiger partial charge in [-0.05, 0) is 71.3 Å². The Morgan fingerprint density at radius 2 is 1.89 bits per heavy atom. The van der Waals surface area contributed by atoms with Gasteiger partial charge in [-0.25, -0.2) is 0 Å². The van der Waals surface area contributed by atoms with Crippen molar-refractivity contribution in [2.45, 2.75) is 53.4 Å². The van der Waals surface area contributed by atoms with Crippen LogP contribution in [0, 0.1) is 0 Å². The number of aliphatic imine (C=N–C) groups is 1. The summed E-state index contributed by atoms with van der Waals surface area (Å²) in [6.07, 6.45) is 6.80. The lowest BCUT2D eigenvalue weighted by atomic mass is 10.1. The summed E-state index contributed by atoms with van der Waals surface area (Å²) in [6, 6.07) is 7.93. The molecule has 0 saturated carbocycles. The molecule has 1 saturated heterocycles. The Hall–Kier alpha value is -2.80. The lowest BCUT2D eigenvalue weighted by Crippen LogP contribution is -2.35. The lowest BCUT2D eigenvalue weighted by Gasteiger charge is -2.26. The molecule has 1 aromatic carbocycles. The van der Waals surface area contributed by atoms with Crippen LogP contribution in [0.5, 0.6) is 5.75 Å². The molecule has 1 N–H and O–H groups in total. The summed E-state index contributed by atoms with van der Waals surface area (Å²) < 4.78 is 6.10. The summed E-state index contributed by atoms with van der Waals surface area (Å²) in [7, 11) is 2.02. The van der Waals surface area contributed by atoms with Crippen molar-refractivity contribution in [3.05, 3.63) is 47.3 Å². The minimum Gasteiger partial charge on any atom is -0.492 e. The molecular formula is C28H43N5O2. The second-order valence-corrected chi connectivity index (χ2v) is 9.42. The summed E-state index contributed by atoms with van der Waals surface area (Å²) in [4.78, 5) is 24.8. The SMILES string of the molecule is CCN=C(C)NC1=C(/C=C(\C)CC)C(=O)N(c2cccc(OCCN3CCCCC3)c2)CCN1C. The minimum absolute atomic E-state index is 0.0144. The molecule has 1 amide bonds. The van der Waals surface area contributed by atoms with E-state index in [4.69, 9.17) is 4.74 Å². The van der Waals surface area contributed by atoms with E-state index in [-0.39, 0.29) is 5.91 Å². The predicted molar refractivity (Wildman–Crippen MR) is 145 cm³/mol. The van der Waals surface area contributed by atoms with Crippen molar-refractivity contribution < 1.29 is 9.53 Å². The van der Waals surface area contributed by atoms with E-state index < -0.39 is 0 Å². The Morgan fingerprint density at radius 3 is 2.60 bits per heavy atom. The number of piperidine rings is 1. The summed E-state index contributed by atoms with van der Waals surface area (Å²) in [5, 5.41) is 3.40. The second-order valence-electron chi connectivity index (χ2n) is 9.42. The standard InChI is InChI=1S/C28H43N5O2/c1-6-22(3)20-26-27(30-23(4)29-7-2)31(5)16-17-33(28(26)34)24-12-11-13-25(21-24)35-19-18-32-14-9-8-10-15-32/h11-13,20-21H,6-10,14-19H2,1-5H3,(H,29,30)/b22-20+. The van der Waals surface area contributed by atoms with Crippen LogP contribution in [0.1, 0.15) is 53.4 Å². The van der Waals surface area contributed by atoms with Crippen LogP contribution in [0.2, 0.25) is 0 Å². The normalized spacial score (nSPS) is 18.7. The van der Waals surface area contributed by atoms with Crippen LogP contribution in [-0.2, 0) is 4.79 Å². The Labute approximate surface area is 211 Å². The van der Waals surface area contributed by atoms with E-state index in [0.29, 0.717) is 31.8 Å². The summed E-state index contributed by atoms with van der Waals surface area (Å²) in [5.74, 6) is 2.40. The van der Waals surface area contributed by atoms with Crippen LogP contribution < -0.4 is 15.0 Å². The average Bonchev–Trinajstić information content (AvgIpc) is 2.97. The monoisotopic (exact) mass is 481 g/mol. The summed E-state index contributed by atoms with van der Waals surface area (Å²) >= 11 is 0. The highest BCUT2D eigenvalue weighted by Crippen LogP contribution is 2.26. The number of amidine groups is 1.